The first-order chi connectivity index (χ1) is 14.7. The van der Waals surface area contributed by atoms with E-state index in [2.05, 4.69) is 20.5 Å². The first-order valence-corrected chi connectivity index (χ1v) is 9.93. The summed E-state index contributed by atoms with van der Waals surface area (Å²) in [7, 11) is 0. The molecule has 4 aromatic rings. The molecule has 1 saturated carbocycles. The van der Waals surface area contributed by atoms with Crippen LogP contribution in [0.15, 0.2) is 64.2 Å². The molecular formula is C21H20N6O3. The van der Waals surface area contributed by atoms with Crippen LogP contribution in [0.1, 0.15) is 31.7 Å². The number of carbonyl (C=O) groups is 1. The molecule has 1 aromatic carbocycles. The first kappa shape index (κ1) is 18.3. The van der Waals surface area contributed by atoms with E-state index in [-0.39, 0.29) is 23.6 Å². The van der Waals surface area contributed by atoms with Crippen LogP contribution in [0, 0.1) is 5.92 Å². The van der Waals surface area contributed by atoms with Gasteiger partial charge in [0.05, 0.1) is 23.6 Å². The minimum absolute atomic E-state index is 0.0177. The van der Waals surface area contributed by atoms with E-state index in [1.54, 1.807) is 29.2 Å². The van der Waals surface area contributed by atoms with Gasteiger partial charge in [0.25, 0.3) is 0 Å². The molecule has 1 amide bonds. The second-order valence-corrected chi connectivity index (χ2v) is 7.43. The Morgan fingerprint density at radius 2 is 1.87 bits per heavy atom. The summed E-state index contributed by atoms with van der Waals surface area (Å²) >= 11 is 0. The molecule has 9 nitrogen and oxygen atoms in total. The summed E-state index contributed by atoms with van der Waals surface area (Å²) in [6, 6.07) is 11.3. The number of pyridine rings is 1. The molecule has 3 aromatic heterocycles. The number of amides is 1. The second kappa shape index (κ2) is 7.58. The lowest BCUT2D eigenvalue weighted by atomic mass is 9.85. The van der Waals surface area contributed by atoms with Gasteiger partial charge < -0.3 is 9.73 Å². The average Bonchev–Trinajstić information content (AvgIpc) is 3.38. The molecule has 5 rings (SSSR count). The van der Waals surface area contributed by atoms with Crippen molar-refractivity contribution in [3.05, 3.63) is 65.5 Å². The normalized spacial score (nSPS) is 19.1. The van der Waals surface area contributed by atoms with Crippen LogP contribution in [-0.2, 0) is 4.79 Å². The predicted molar refractivity (Wildman–Crippen MR) is 109 cm³/mol. The quantitative estimate of drug-likeness (QED) is 0.560. The molecule has 1 N–H and O–H groups in total. The minimum Gasteiger partial charge on any atom is -0.406 e. The van der Waals surface area contributed by atoms with Crippen molar-refractivity contribution in [1.29, 1.82) is 0 Å². The highest BCUT2D eigenvalue weighted by Gasteiger charge is 2.29. The molecule has 1 aliphatic rings. The summed E-state index contributed by atoms with van der Waals surface area (Å²) in [6.07, 6.45) is 7.57. The molecule has 0 atom stereocenters. The Labute approximate surface area is 171 Å². The number of nitrogens with one attached hydrogen (secondary N) is 1. The van der Waals surface area contributed by atoms with Crippen LogP contribution in [0.3, 0.4) is 0 Å². The predicted octanol–water partition coefficient (Wildman–Crippen LogP) is 2.94. The SMILES string of the molecule is O=C(Nc1cnn(-c2ccccc2)n1)C1CCC(n2c(=O)oc3cnccc32)CC1. The molecule has 1 aliphatic carbocycles. The van der Waals surface area contributed by atoms with Crippen molar-refractivity contribution in [2.24, 2.45) is 5.92 Å². The van der Waals surface area contributed by atoms with Crippen LogP contribution in [0.25, 0.3) is 16.8 Å². The number of nitrogens with zero attached hydrogens (tertiary/aromatic N) is 5. The molecule has 0 spiro atoms. The highest BCUT2D eigenvalue weighted by molar-refractivity contribution is 5.91. The number of para-hydroxylation sites is 1. The van der Waals surface area contributed by atoms with E-state index >= 15 is 0 Å². The van der Waals surface area contributed by atoms with Crippen molar-refractivity contribution in [3.63, 3.8) is 0 Å². The van der Waals surface area contributed by atoms with E-state index in [1.807, 2.05) is 30.3 Å². The third kappa shape index (κ3) is 3.38. The third-order valence-corrected chi connectivity index (χ3v) is 5.58. The lowest BCUT2D eigenvalue weighted by Crippen LogP contribution is -2.30. The fourth-order valence-electron chi connectivity index (χ4n) is 4.07. The van der Waals surface area contributed by atoms with Crippen LogP contribution >= 0.6 is 0 Å². The van der Waals surface area contributed by atoms with E-state index in [0.717, 1.165) is 24.0 Å². The molecule has 0 aliphatic heterocycles. The standard InChI is InChI=1S/C21H20N6O3/c28-20(24-19-13-23-27(25-19)16-4-2-1-3-5-16)14-6-8-15(9-7-14)26-17-10-11-22-12-18(17)30-21(26)29/h1-5,10-15H,6-9H2,(H,24,25,28). The van der Waals surface area contributed by atoms with Gasteiger partial charge in [-0.15, -0.1) is 9.90 Å². The summed E-state index contributed by atoms with van der Waals surface area (Å²) in [5, 5.41) is 11.4. The van der Waals surface area contributed by atoms with Crippen molar-refractivity contribution in [2.75, 3.05) is 5.32 Å². The number of anilines is 1. The minimum atomic E-state index is -0.372. The molecule has 0 saturated heterocycles. The van der Waals surface area contributed by atoms with Crippen molar-refractivity contribution in [3.8, 4) is 5.69 Å². The van der Waals surface area contributed by atoms with E-state index in [4.69, 9.17) is 4.42 Å². The van der Waals surface area contributed by atoms with Crippen LogP contribution in [0.5, 0.6) is 0 Å². The summed E-state index contributed by atoms with van der Waals surface area (Å²) in [5.74, 6) is -0.139. The number of hydrogen-bond acceptors (Lipinski definition) is 6. The van der Waals surface area contributed by atoms with Gasteiger partial charge in [0.15, 0.2) is 11.4 Å². The fourth-order valence-corrected chi connectivity index (χ4v) is 4.07. The largest absolute Gasteiger partial charge is 0.420 e. The zero-order chi connectivity index (χ0) is 20.5. The maximum Gasteiger partial charge on any atom is 0.420 e. The molecule has 0 unspecified atom stereocenters. The maximum absolute atomic E-state index is 12.7. The lowest BCUT2D eigenvalue weighted by molar-refractivity contribution is -0.121. The van der Waals surface area contributed by atoms with Gasteiger partial charge in [0.2, 0.25) is 5.91 Å². The van der Waals surface area contributed by atoms with Crippen LogP contribution in [-0.4, -0.2) is 30.5 Å². The smallest absolute Gasteiger partial charge is 0.406 e. The Morgan fingerprint density at radius 3 is 2.67 bits per heavy atom. The monoisotopic (exact) mass is 404 g/mol. The Balaban J connectivity index is 1.24. The third-order valence-electron chi connectivity index (χ3n) is 5.58. The van der Waals surface area contributed by atoms with Gasteiger partial charge in [0.1, 0.15) is 0 Å². The molecular weight excluding hydrogens is 384 g/mol. The number of oxazole rings is 1. The van der Waals surface area contributed by atoms with Crippen LogP contribution < -0.4 is 11.1 Å². The van der Waals surface area contributed by atoms with Gasteiger partial charge in [-0.3, -0.25) is 14.3 Å². The van der Waals surface area contributed by atoms with E-state index in [0.29, 0.717) is 24.2 Å². The molecule has 9 heteroatoms. The van der Waals surface area contributed by atoms with Gasteiger partial charge in [-0.2, -0.15) is 5.10 Å². The van der Waals surface area contributed by atoms with Crippen molar-refractivity contribution >= 4 is 22.8 Å². The number of rotatable bonds is 4. The topological polar surface area (TPSA) is 108 Å². The first-order valence-electron chi connectivity index (χ1n) is 9.93. The van der Waals surface area contributed by atoms with Crippen molar-refractivity contribution in [1.82, 2.24) is 24.5 Å². The Kier molecular flexibility index (Phi) is 4.62. The van der Waals surface area contributed by atoms with Crippen molar-refractivity contribution in [2.45, 2.75) is 31.7 Å². The van der Waals surface area contributed by atoms with E-state index < -0.39 is 0 Å². The Bertz CT molecular complexity index is 1230. The summed E-state index contributed by atoms with van der Waals surface area (Å²) in [4.78, 5) is 30.5. The Morgan fingerprint density at radius 1 is 1.07 bits per heavy atom. The maximum atomic E-state index is 12.7. The lowest BCUT2D eigenvalue weighted by Gasteiger charge is -2.27. The van der Waals surface area contributed by atoms with E-state index in [1.165, 1.54) is 4.80 Å². The van der Waals surface area contributed by atoms with Crippen molar-refractivity contribution < 1.29 is 9.21 Å². The van der Waals surface area contributed by atoms with Gasteiger partial charge in [0, 0.05) is 18.2 Å². The van der Waals surface area contributed by atoms with Gasteiger partial charge in [-0.25, -0.2) is 4.79 Å². The molecule has 0 radical (unpaired) electrons. The molecule has 3 heterocycles. The zero-order valence-electron chi connectivity index (χ0n) is 16.1. The molecule has 152 valence electrons. The van der Waals surface area contributed by atoms with Crippen LogP contribution in [0.2, 0.25) is 0 Å². The second-order valence-electron chi connectivity index (χ2n) is 7.43. The average molecular weight is 404 g/mol. The molecule has 0 bridgehead atoms. The fraction of sp³-hybridized carbons (Fsp3) is 0.286. The summed E-state index contributed by atoms with van der Waals surface area (Å²) in [5.41, 5.74) is 2.07. The zero-order valence-corrected chi connectivity index (χ0v) is 16.1. The number of benzene rings is 1. The van der Waals surface area contributed by atoms with Gasteiger partial charge in [-0.05, 0) is 43.9 Å². The van der Waals surface area contributed by atoms with Crippen LogP contribution in [0.4, 0.5) is 5.82 Å². The summed E-state index contributed by atoms with van der Waals surface area (Å²) in [6.45, 7) is 0. The number of fused-ring (bicyclic) bond motifs is 1. The highest BCUT2D eigenvalue weighted by atomic mass is 16.4. The molecule has 30 heavy (non-hydrogen) atoms. The Hall–Kier alpha value is -3.75. The number of hydrogen-bond donors (Lipinski definition) is 1. The van der Waals surface area contributed by atoms with E-state index in [9.17, 15) is 9.59 Å². The van der Waals surface area contributed by atoms with Gasteiger partial charge >= 0.3 is 5.76 Å². The van der Waals surface area contributed by atoms with Gasteiger partial charge in [-0.1, -0.05) is 18.2 Å². The number of aromatic nitrogens is 5. The summed E-state index contributed by atoms with van der Waals surface area (Å²) < 4.78 is 6.98. The molecule has 1 fully saturated rings. The highest BCUT2D eigenvalue weighted by Crippen LogP contribution is 2.33. The number of carbonyl (C=O) groups excluding carboxylic acids is 1.